The summed E-state index contributed by atoms with van der Waals surface area (Å²) in [6, 6.07) is 4.90. The Morgan fingerprint density at radius 2 is 2.12 bits per heavy atom. The molecule has 0 aromatic heterocycles. The van der Waals surface area contributed by atoms with Gasteiger partial charge in [0.25, 0.3) is 5.91 Å². The SMILES string of the molecule is Cc1ccc(C(=O)NC2CCSCC2)c(F)c1. The summed E-state index contributed by atoms with van der Waals surface area (Å²) >= 11 is 1.90. The van der Waals surface area contributed by atoms with Crippen LogP contribution in [-0.4, -0.2) is 23.5 Å². The predicted molar refractivity (Wildman–Crippen MR) is 69.0 cm³/mol. The number of carbonyl (C=O) groups is 1. The van der Waals surface area contributed by atoms with E-state index in [0.29, 0.717) is 0 Å². The minimum absolute atomic E-state index is 0.147. The monoisotopic (exact) mass is 253 g/mol. The third-order valence-corrected chi connectivity index (χ3v) is 3.97. The number of thioether (sulfide) groups is 1. The quantitative estimate of drug-likeness (QED) is 0.878. The maximum absolute atomic E-state index is 13.6. The van der Waals surface area contributed by atoms with Gasteiger partial charge in [0, 0.05) is 6.04 Å². The summed E-state index contributed by atoms with van der Waals surface area (Å²) in [6.45, 7) is 1.81. The molecule has 4 heteroatoms. The van der Waals surface area contributed by atoms with Gasteiger partial charge < -0.3 is 5.32 Å². The van der Waals surface area contributed by atoms with Crippen molar-refractivity contribution in [2.45, 2.75) is 25.8 Å². The number of rotatable bonds is 2. The van der Waals surface area contributed by atoms with Crippen LogP contribution in [0.3, 0.4) is 0 Å². The number of benzene rings is 1. The van der Waals surface area contributed by atoms with Gasteiger partial charge in [-0.1, -0.05) is 6.07 Å². The van der Waals surface area contributed by atoms with Crippen molar-refractivity contribution in [3.8, 4) is 0 Å². The summed E-state index contributed by atoms with van der Waals surface area (Å²) in [5, 5.41) is 2.90. The second-order valence-electron chi connectivity index (χ2n) is 4.34. The summed E-state index contributed by atoms with van der Waals surface area (Å²) in [5.41, 5.74) is 0.974. The van der Waals surface area contributed by atoms with Crippen molar-refractivity contribution < 1.29 is 9.18 Å². The van der Waals surface area contributed by atoms with Gasteiger partial charge in [-0.05, 0) is 49.0 Å². The van der Waals surface area contributed by atoms with Crippen LogP contribution in [0.15, 0.2) is 18.2 Å². The molecule has 92 valence electrons. The number of aryl methyl sites for hydroxylation is 1. The minimum atomic E-state index is -0.437. The molecule has 1 fully saturated rings. The van der Waals surface area contributed by atoms with E-state index in [1.807, 2.05) is 18.7 Å². The zero-order valence-corrected chi connectivity index (χ0v) is 10.6. The van der Waals surface area contributed by atoms with Crippen LogP contribution in [0.1, 0.15) is 28.8 Å². The largest absolute Gasteiger partial charge is 0.349 e. The molecular formula is C13H16FNOS. The van der Waals surface area contributed by atoms with Crippen LogP contribution in [0, 0.1) is 12.7 Å². The molecule has 0 bridgehead atoms. The van der Waals surface area contributed by atoms with Crippen molar-refractivity contribution in [3.05, 3.63) is 35.1 Å². The molecule has 1 aliphatic heterocycles. The molecule has 0 atom stereocenters. The lowest BCUT2D eigenvalue weighted by Gasteiger charge is -2.22. The lowest BCUT2D eigenvalue weighted by molar-refractivity contribution is 0.0931. The van der Waals surface area contributed by atoms with Gasteiger partial charge in [-0.25, -0.2) is 4.39 Å². The van der Waals surface area contributed by atoms with Crippen LogP contribution >= 0.6 is 11.8 Å². The first-order chi connectivity index (χ1) is 8.16. The summed E-state index contributed by atoms with van der Waals surface area (Å²) in [5.74, 6) is 1.41. The average Bonchev–Trinajstić information content (AvgIpc) is 2.30. The van der Waals surface area contributed by atoms with Crippen LogP contribution in [0.4, 0.5) is 4.39 Å². The van der Waals surface area contributed by atoms with E-state index >= 15 is 0 Å². The fourth-order valence-electron chi connectivity index (χ4n) is 1.91. The summed E-state index contributed by atoms with van der Waals surface area (Å²) in [4.78, 5) is 11.9. The fourth-order valence-corrected chi connectivity index (χ4v) is 3.02. The molecule has 0 spiro atoms. The van der Waals surface area contributed by atoms with Crippen molar-refractivity contribution in [1.29, 1.82) is 0 Å². The maximum atomic E-state index is 13.6. The zero-order chi connectivity index (χ0) is 12.3. The van der Waals surface area contributed by atoms with E-state index in [0.717, 1.165) is 29.9 Å². The number of hydrogen-bond donors (Lipinski definition) is 1. The molecule has 2 nitrogen and oxygen atoms in total. The molecular weight excluding hydrogens is 237 g/mol. The highest BCUT2D eigenvalue weighted by Gasteiger charge is 2.18. The molecule has 17 heavy (non-hydrogen) atoms. The fraction of sp³-hybridized carbons (Fsp3) is 0.462. The third kappa shape index (κ3) is 3.22. The molecule has 2 rings (SSSR count). The molecule has 1 aromatic carbocycles. The Morgan fingerprint density at radius 1 is 1.41 bits per heavy atom. The van der Waals surface area contributed by atoms with Crippen molar-refractivity contribution in [2.75, 3.05) is 11.5 Å². The Morgan fingerprint density at radius 3 is 2.76 bits per heavy atom. The van der Waals surface area contributed by atoms with E-state index in [4.69, 9.17) is 0 Å². The van der Waals surface area contributed by atoms with Gasteiger partial charge in [-0.3, -0.25) is 4.79 Å². The number of carbonyl (C=O) groups excluding carboxylic acids is 1. The highest BCUT2D eigenvalue weighted by Crippen LogP contribution is 2.18. The summed E-state index contributed by atoms with van der Waals surface area (Å²) < 4.78 is 13.6. The molecule has 1 aliphatic rings. The van der Waals surface area contributed by atoms with Crippen LogP contribution in [-0.2, 0) is 0 Å². The normalized spacial score (nSPS) is 16.8. The Labute approximate surface area is 105 Å². The minimum Gasteiger partial charge on any atom is -0.349 e. The van der Waals surface area contributed by atoms with Gasteiger partial charge in [0.05, 0.1) is 5.56 Å². The van der Waals surface area contributed by atoms with Crippen molar-refractivity contribution in [1.82, 2.24) is 5.32 Å². The lowest BCUT2D eigenvalue weighted by Crippen LogP contribution is -2.37. The molecule has 1 saturated heterocycles. The third-order valence-electron chi connectivity index (χ3n) is 2.93. The lowest BCUT2D eigenvalue weighted by atomic mass is 10.1. The van der Waals surface area contributed by atoms with E-state index in [9.17, 15) is 9.18 Å². The van der Waals surface area contributed by atoms with Gasteiger partial charge in [-0.2, -0.15) is 11.8 Å². The van der Waals surface area contributed by atoms with Crippen LogP contribution in [0.2, 0.25) is 0 Å². The number of hydrogen-bond acceptors (Lipinski definition) is 2. The zero-order valence-electron chi connectivity index (χ0n) is 9.83. The van der Waals surface area contributed by atoms with Gasteiger partial charge in [0.15, 0.2) is 0 Å². The Balaban J connectivity index is 2.03. The first-order valence-corrected chi connectivity index (χ1v) is 6.97. The number of halogens is 1. The van der Waals surface area contributed by atoms with Crippen molar-refractivity contribution >= 4 is 17.7 Å². The Bertz CT molecular complexity index is 416. The van der Waals surface area contributed by atoms with Gasteiger partial charge >= 0.3 is 0 Å². The second-order valence-corrected chi connectivity index (χ2v) is 5.57. The molecule has 1 N–H and O–H groups in total. The van der Waals surface area contributed by atoms with E-state index in [1.54, 1.807) is 12.1 Å². The van der Waals surface area contributed by atoms with E-state index in [1.165, 1.54) is 6.07 Å². The molecule has 0 unspecified atom stereocenters. The van der Waals surface area contributed by atoms with Crippen LogP contribution < -0.4 is 5.32 Å². The van der Waals surface area contributed by atoms with E-state index in [-0.39, 0.29) is 17.5 Å². The van der Waals surface area contributed by atoms with Gasteiger partial charge in [0.1, 0.15) is 5.82 Å². The van der Waals surface area contributed by atoms with Crippen LogP contribution in [0.5, 0.6) is 0 Å². The standard InChI is InChI=1S/C13H16FNOS/c1-9-2-3-11(12(14)8-9)13(16)15-10-4-6-17-7-5-10/h2-3,8,10H,4-7H2,1H3,(H,15,16). The molecule has 1 amide bonds. The Kier molecular flexibility index (Phi) is 4.05. The number of nitrogens with one attached hydrogen (secondary N) is 1. The second kappa shape index (κ2) is 5.54. The molecule has 0 radical (unpaired) electrons. The van der Waals surface area contributed by atoms with E-state index in [2.05, 4.69) is 5.32 Å². The highest BCUT2D eigenvalue weighted by atomic mass is 32.2. The van der Waals surface area contributed by atoms with E-state index < -0.39 is 5.82 Å². The molecule has 0 aliphatic carbocycles. The van der Waals surface area contributed by atoms with Crippen molar-refractivity contribution in [2.24, 2.45) is 0 Å². The maximum Gasteiger partial charge on any atom is 0.254 e. The van der Waals surface area contributed by atoms with Crippen LogP contribution in [0.25, 0.3) is 0 Å². The summed E-state index contributed by atoms with van der Waals surface area (Å²) in [7, 11) is 0. The van der Waals surface area contributed by atoms with Gasteiger partial charge in [0.2, 0.25) is 0 Å². The molecule has 1 heterocycles. The highest BCUT2D eigenvalue weighted by molar-refractivity contribution is 7.99. The summed E-state index contributed by atoms with van der Waals surface area (Å²) in [6.07, 6.45) is 1.95. The average molecular weight is 253 g/mol. The molecule has 0 saturated carbocycles. The van der Waals surface area contributed by atoms with Crippen molar-refractivity contribution in [3.63, 3.8) is 0 Å². The topological polar surface area (TPSA) is 29.1 Å². The first kappa shape index (κ1) is 12.4. The predicted octanol–water partition coefficient (Wildman–Crippen LogP) is 2.76. The van der Waals surface area contributed by atoms with Gasteiger partial charge in [-0.15, -0.1) is 0 Å². The molecule has 1 aromatic rings. The Hall–Kier alpha value is -1.03. The smallest absolute Gasteiger partial charge is 0.254 e. The first-order valence-electron chi connectivity index (χ1n) is 5.81. The number of amides is 1.